The molecule has 4 unspecified atom stereocenters. The Kier molecular flexibility index (Phi) is 7.41. The number of aromatic hydroxyl groups is 1. The van der Waals surface area contributed by atoms with Gasteiger partial charge in [0.05, 0.1) is 23.4 Å². The summed E-state index contributed by atoms with van der Waals surface area (Å²) in [5, 5.41) is 10.3. The molecule has 2 fully saturated rings. The second-order valence-corrected chi connectivity index (χ2v) is 13.2. The first-order valence-electron chi connectivity index (χ1n) is 15.2. The van der Waals surface area contributed by atoms with E-state index in [1.165, 1.54) is 29.7 Å². The van der Waals surface area contributed by atoms with Crippen molar-refractivity contribution in [2.45, 2.75) is 44.2 Å². The number of allylic oxidation sites excluding steroid dienone is 6. The number of rotatable bonds is 5. The molecule has 8 nitrogen and oxygen atoms in total. The van der Waals surface area contributed by atoms with Gasteiger partial charge in [-0.25, -0.2) is 0 Å². The Morgan fingerprint density at radius 3 is 2.45 bits per heavy atom. The molecule has 3 aliphatic carbocycles. The predicted molar refractivity (Wildman–Crippen MR) is 166 cm³/mol. The van der Waals surface area contributed by atoms with Crippen LogP contribution in [0.25, 0.3) is 0 Å². The monoisotopic (exact) mass is 656 g/mol. The lowest BCUT2D eigenvalue weighted by molar-refractivity contribution is -0.144. The molecule has 9 heteroatoms. The smallest absolute Gasteiger partial charge is 0.233 e. The minimum absolute atomic E-state index is 0.0359. The summed E-state index contributed by atoms with van der Waals surface area (Å²) in [5.74, 6) is -2.65. The maximum Gasteiger partial charge on any atom is 0.233 e. The second kappa shape index (κ2) is 11.3. The van der Waals surface area contributed by atoms with Crippen LogP contribution >= 0.6 is 15.9 Å². The number of hydrogen-bond acceptors (Lipinski definition) is 7. The van der Waals surface area contributed by atoms with Gasteiger partial charge in [-0.2, -0.15) is 0 Å². The van der Waals surface area contributed by atoms with Crippen molar-refractivity contribution in [3.05, 3.63) is 93.0 Å². The Morgan fingerprint density at radius 2 is 1.73 bits per heavy atom. The van der Waals surface area contributed by atoms with Crippen LogP contribution in [0.15, 0.2) is 81.9 Å². The maximum atomic E-state index is 14.3. The minimum Gasteiger partial charge on any atom is -0.504 e. The lowest BCUT2D eigenvalue weighted by Crippen LogP contribution is -2.47. The number of ether oxygens (including phenoxy) is 1. The number of Topliss-reactive ketones (excluding diaryl/α,β-unsaturated/α-hetero) is 1. The minimum atomic E-state index is -0.592. The number of amides is 2. The second-order valence-electron chi connectivity index (χ2n) is 12.4. The van der Waals surface area contributed by atoms with Gasteiger partial charge in [-0.05, 0) is 70.8 Å². The molecular weight excluding hydrogens is 624 g/mol. The summed E-state index contributed by atoms with van der Waals surface area (Å²) < 4.78 is 5.57. The first-order valence-corrected chi connectivity index (χ1v) is 16.0. The van der Waals surface area contributed by atoms with Crippen molar-refractivity contribution in [2.24, 2.45) is 17.8 Å². The molecule has 2 aliphatic heterocycles. The fraction of sp³-hybridized carbons (Fsp3) is 0.371. The molecule has 1 N–H and O–H groups in total. The predicted octanol–water partition coefficient (Wildman–Crippen LogP) is 4.83. The van der Waals surface area contributed by atoms with Crippen LogP contribution < -0.4 is 4.74 Å². The van der Waals surface area contributed by atoms with E-state index in [2.05, 4.69) is 33.0 Å². The number of nitrogens with zero attached hydrogens (tertiary/aromatic N) is 2. The summed E-state index contributed by atoms with van der Waals surface area (Å²) in [6, 6.07) is 15.1. The quantitative estimate of drug-likeness (QED) is 0.279. The number of halogens is 1. The zero-order valence-electron chi connectivity index (χ0n) is 24.4. The highest BCUT2D eigenvalue weighted by atomic mass is 79.9. The van der Waals surface area contributed by atoms with E-state index in [0.717, 1.165) is 38.0 Å². The number of fused-ring (bicyclic) bond motifs is 3. The molecular formula is C35H33BrN2O6. The van der Waals surface area contributed by atoms with Gasteiger partial charge < -0.3 is 9.84 Å². The summed E-state index contributed by atoms with van der Waals surface area (Å²) in [6.07, 6.45) is 5.41. The van der Waals surface area contributed by atoms with Crippen LogP contribution in [-0.4, -0.2) is 64.5 Å². The van der Waals surface area contributed by atoms with E-state index in [1.807, 2.05) is 24.3 Å². The first kappa shape index (κ1) is 28.9. The molecule has 0 aromatic heterocycles. The molecule has 4 atom stereocenters. The Morgan fingerprint density at radius 1 is 0.977 bits per heavy atom. The van der Waals surface area contributed by atoms with Gasteiger partial charge in [-0.1, -0.05) is 48.0 Å². The number of methoxy groups -OCH3 is 1. The summed E-state index contributed by atoms with van der Waals surface area (Å²) >= 11 is 3.27. The number of benzene rings is 2. The van der Waals surface area contributed by atoms with Gasteiger partial charge in [0.2, 0.25) is 11.8 Å². The van der Waals surface area contributed by atoms with Crippen molar-refractivity contribution in [2.75, 3.05) is 20.2 Å². The highest BCUT2D eigenvalue weighted by Gasteiger charge is 2.57. The summed E-state index contributed by atoms with van der Waals surface area (Å²) in [4.78, 5) is 59.0. The number of carbonyl (C=O) groups excluding carboxylic acids is 4. The lowest BCUT2D eigenvalue weighted by atomic mass is 9.59. The van der Waals surface area contributed by atoms with E-state index < -0.39 is 23.7 Å². The van der Waals surface area contributed by atoms with Crippen molar-refractivity contribution < 1.29 is 29.0 Å². The summed E-state index contributed by atoms with van der Waals surface area (Å²) in [6.45, 7) is 2.45. The zero-order chi connectivity index (χ0) is 30.7. The van der Waals surface area contributed by atoms with Crippen molar-refractivity contribution >= 4 is 39.3 Å². The number of hydrogen-bond donors (Lipinski definition) is 1. The maximum absolute atomic E-state index is 14.3. The average molecular weight is 658 g/mol. The van der Waals surface area contributed by atoms with Crippen molar-refractivity contribution in [3.8, 4) is 11.5 Å². The number of ketones is 2. The standard InChI is InChI=1S/C35H33BrN2O6/c1-44-29-15-20(7-10-27(29)39)30-22-8-9-23-31(24(22)16-25-32(30)28(40)17-26(36)33(25)41)35(43)38(34(23)42)21-11-13-37(14-12-21)18-19-5-3-2-4-6-19/h2-8,10,15,17,21,23-24,30-31,39H,9,11-14,16,18H2,1H3. The summed E-state index contributed by atoms with van der Waals surface area (Å²) in [5.41, 5.74) is 3.59. The summed E-state index contributed by atoms with van der Waals surface area (Å²) in [7, 11) is 1.45. The van der Waals surface area contributed by atoms with Gasteiger partial charge >= 0.3 is 0 Å². The molecule has 0 bridgehead atoms. The van der Waals surface area contributed by atoms with Crippen LogP contribution in [0.5, 0.6) is 11.5 Å². The van der Waals surface area contributed by atoms with Crippen LogP contribution in [-0.2, 0) is 25.7 Å². The molecule has 0 saturated carbocycles. The number of likely N-dealkylation sites (tertiary alicyclic amines) is 2. The van der Waals surface area contributed by atoms with Crippen molar-refractivity contribution in [1.29, 1.82) is 0 Å². The molecule has 2 saturated heterocycles. The average Bonchev–Trinajstić information content (AvgIpc) is 3.29. The highest BCUT2D eigenvalue weighted by molar-refractivity contribution is 9.12. The largest absolute Gasteiger partial charge is 0.504 e. The fourth-order valence-corrected chi connectivity index (χ4v) is 8.47. The van der Waals surface area contributed by atoms with Gasteiger partial charge in [0.15, 0.2) is 23.1 Å². The number of phenolic OH excluding ortho intramolecular Hbond substituents is 1. The lowest BCUT2D eigenvalue weighted by Gasteiger charge is -2.42. The Hall–Kier alpha value is -3.82. The van der Waals surface area contributed by atoms with Crippen LogP contribution in [0.4, 0.5) is 0 Å². The topological polar surface area (TPSA) is 104 Å². The Balaban J connectivity index is 1.19. The Bertz CT molecular complexity index is 1670. The van der Waals surface area contributed by atoms with Gasteiger partial charge in [0, 0.05) is 48.8 Å². The SMILES string of the molecule is COc1cc(C2C3=CCC4C(=O)N(C5CCN(Cc6ccccc6)CC5)C(=O)C4C3CC3=C2C(=O)C=C(Br)C3=O)ccc1O. The van der Waals surface area contributed by atoms with Crippen LogP contribution in [0.2, 0.25) is 0 Å². The zero-order valence-corrected chi connectivity index (χ0v) is 26.0. The molecule has 0 spiro atoms. The molecule has 2 heterocycles. The van der Waals surface area contributed by atoms with Crippen molar-refractivity contribution in [3.63, 3.8) is 0 Å². The van der Waals surface area contributed by atoms with E-state index in [-0.39, 0.29) is 51.8 Å². The normalized spacial score (nSPS) is 27.5. The first-order chi connectivity index (χ1) is 21.3. The van der Waals surface area contributed by atoms with Crippen LogP contribution in [0.1, 0.15) is 42.7 Å². The van der Waals surface area contributed by atoms with E-state index >= 15 is 0 Å². The molecule has 2 aromatic rings. The molecule has 2 amide bonds. The fourth-order valence-electron chi connectivity index (χ4n) is 8.02. The molecule has 0 radical (unpaired) electrons. The van der Waals surface area contributed by atoms with Gasteiger partial charge in [0.1, 0.15) is 0 Å². The van der Waals surface area contributed by atoms with Crippen LogP contribution in [0, 0.1) is 17.8 Å². The molecule has 2 aromatic carbocycles. The van der Waals surface area contributed by atoms with E-state index in [1.54, 1.807) is 12.1 Å². The third kappa shape index (κ3) is 4.68. The van der Waals surface area contributed by atoms with Crippen molar-refractivity contribution in [1.82, 2.24) is 9.80 Å². The number of imide groups is 1. The third-order valence-electron chi connectivity index (χ3n) is 10.1. The van der Waals surface area contributed by atoms with Gasteiger partial charge in [0.25, 0.3) is 0 Å². The molecule has 7 rings (SSSR count). The Labute approximate surface area is 264 Å². The molecule has 5 aliphatic rings. The van der Waals surface area contributed by atoms with Gasteiger partial charge in [-0.15, -0.1) is 0 Å². The van der Waals surface area contributed by atoms with E-state index in [4.69, 9.17) is 4.74 Å². The van der Waals surface area contributed by atoms with Crippen LogP contribution in [0.3, 0.4) is 0 Å². The highest BCUT2D eigenvalue weighted by Crippen LogP contribution is 2.56. The van der Waals surface area contributed by atoms with E-state index in [0.29, 0.717) is 23.1 Å². The number of carbonyl (C=O) groups is 4. The number of piperidine rings is 1. The molecule has 226 valence electrons. The number of phenols is 1. The van der Waals surface area contributed by atoms with E-state index in [9.17, 15) is 24.3 Å². The van der Waals surface area contributed by atoms with Gasteiger partial charge in [-0.3, -0.25) is 29.0 Å². The third-order valence-corrected chi connectivity index (χ3v) is 10.7. The molecule has 44 heavy (non-hydrogen) atoms.